The topological polar surface area (TPSA) is 55.4 Å². The highest BCUT2D eigenvalue weighted by atomic mass is 32.1. The lowest BCUT2D eigenvalue weighted by atomic mass is 9.97. The van der Waals surface area contributed by atoms with Gasteiger partial charge in [-0.15, -0.1) is 11.3 Å². The summed E-state index contributed by atoms with van der Waals surface area (Å²) in [6.07, 6.45) is -0.383. The fourth-order valence-electron chi connectivity index (χ4n) is 3.36. The van der Waals surface area contributed by atoms with E-state index < -0.39 is 29.1 Å². The van der Waals surface area contributed by atoms with E-state index in [2.05, 4.69) is 19.2 Å². The zero-order valence-electron chi connectivity index (χ0n) is 18.6. The lowest BCUT2D eigenvalue weighted by molar-refractivity contribution is 0.0380. The van der Waals surface area contributed by atoms with E-state index in [0.717, 1.165) is 39.5 Å². The Balaban J connectivity index is 2.09. The van der Waals surface area contributed by atoms with E-state index in [1.165, 1.54) is 6.07 Å². The lowest BCUT2D eigenvalue weighted by Crippen LogP contribution is -2.18. The summed E-state index contributed by atoms with van der Waals surface area (Å²) in [4.78, 5) is 26.5. The molecule has 1 N–H and O–H groups in total. The second kappa shape index (κ2) is 9.61. The van der Waals surface area contributed by atoms with Crippen LogP contribution >= 0.6 is 11.3 Å². The van der Waals surface area contributed by atoms with Crippen LogP contribution in [0.4, 0.5) is 13.8 Å². The Kier molecular flexibility index (Phi) is 7.09. The van der Waals surface area contributed by atoms with Crippen molar-refractivity contribution in [3.05, 3.63) is 75.7 Å². The minimum Gasteiger partial charge on any atom is -0.459 e. The average Bonchev–Trinajstić information content (AvgIpc) is 3.03. The van der Waals surface area contributed by atoms with Crippen LogP contribution in [0.1, 0.15) is 64.8 Å². The number of ether oxygens (including phenoxy) is 1. The fourth-order valence-corrected chi connectivity index (χ4v) is 4.42. The number of thiophene rings is 1. The molecular weight excluding hydrogens is 432 g/mol. The molecule has 0 aliphatic heterocycles. The standard InChI is InChI=1S/C25H25F2NO3S/c1-13(2)16-9-11-17(12-10-16)20-15(5)32-24(22(20)25(30)31-14(3)4)28-23(29)21-18(26)7-6-8-19(21)27/h6-14H,1-5H3,(H,28,29). The van der Waals surface area contributed by atoms with Crippen LogP contribution in [0.15, 0.2) is 42.5 Å². The van der Waals surface area contributed by atoms with E-state index in [0.29, 0.717) is 11.5 Å². The van der Waals surface area contributed by atoms with Crippen molar-refractivity contribution in [1.29, 1.82) is 0 Å². The van der Waals surface area contributed by atoms with E-state index in [1.807, 2.05) is 31.2 Å². The largest absolute Gasteiger partial charge is 0.459 e. The number of anilines is 1. The first-order valence-corrected chi connectivity index (χ1v) is 11.1. The number of rotatable bonds is 6. The van der Waals surface area contributed by atoms with Gasteiger partial charge in [-0.3, -0.25) is 4.79 Å². The number of esters is 1. The predicted molar refractivity (Wildman–Crippen MR) is 123 cm³/mol. The molecule has 0 atom stereocenters. The molecule has 0 saturated heterocycles. The van der Waals surface area contributed by atoms with Gasteiger partial charge in [0.05, 0.1) is 6.10 Å². The SMILES string of the molecule is Cc1sc(NC(=O)c2c(F)cccc2F)c(C(=O)OC(C)C)c1-c1ccc(C(C)C)cc1. The summed E-state index contributed by atoms with van der Waals surface area (Å²) in [5, 5.41) is 2.71. The number of hydrogen-bond donors (Lipinski definition) is 1. The molecule has 0 unspecified atom stereocenters. The van der Waals surface area contributed by atoms with Gasteiger partial charge in [0.15, 0.2) is 0 Å². The number of aryl methyl sites for hydroxylation is 1. The molecule has 0 aliphatic carbocycles. The number of carbonyl (C=O) groups excluding carboxylic acids is 2. The van der Waals surface area contributed by atoms with Crippen molar-refractivity contribution >= 4 is 28.2 Å². The maximum Gasteiger partial charge on any atom is 0.342 e. The number of hydrogen-bond acceptors (Lipinski definition) is 4. The monoisotopic (exact) mass is 457 g/mol. The number of amides is 1. The van der Waals surface area contributed by atoms with Crippen molar-refractivity contribution in [2.24, 2.45) is 0 Å². The molecule has 168 valence electrons. The number of benzene rings is 2. The second-order valence-electron chi connectivity index (χ2n) is 8.02. The van der Waals surface area contributed by atoms with Crippen molar-refractivity contribution in [3.8, 4) is 11.1 Å². The minimum absolute atomic E-state index is 0.170. The smallest absolute Gasteiger partial charge is 0.342 e. The Morgan fingerprint density at radius 3 is 2.06 bits per heavy atom. The highest BCUT2D eigenvalue weighted by Crippen LogP contribution is 2.41. The van der Waals surface area contributed by atoms with Crippen LogP contribution < -0.4 is 5.32 Å². The first-order valence-electron chi connectivity index (χ1n) is 10.3. The molecule has 3 aromatic rings. The Hall–Kier alpha value is -3.06. The van der Waals surface area contributed by atoms with Gasteiger partial charge in [0.2, 0.25) is 0 Å². The van der Waals surface area contributed by atoms with Crippen molar-refractivity contribution in [2.45, 2.75) is 46.6 Å². The molecular formula is C25H25F2NO3S. The van der Waals surface area contributed by atoms with Crippen LogP contribution in [0.2, 0.25) is 0 Å². The number of nitrogens with one attached hydrogen (secondary N) is 1. The Morgan fingerprint density at radius 1 is 0.938 bits per heavy atom. The second-order valence-corrected chi connectivity index (χ2v) is 9.24. The van der Waals surface area contributed by atoms with E-state index in [4.69, 9.17) is 4.74 Å². The third-order valence-corrected chi connectivity index (χ3v) is 5.93. The molecule has 0 spiro atoms. The Morgan fingerprint density at radius 2 is 1.53 bits per heavy atom. The summed E-state index contributed by atoms with van der Waals surface area (Å²) in [5.41, 5.74) is 2.03. The molecule has 32 heavy (non-hydrogen) atoms. The molecule has 0 fully saturated rings. The van der Waals surface area contributed by atoms with Gasteiger partial charge in [0.25, 0.3) is 5.91 Å². The van der Waals surface area contributed by atoms with Crippen LogP contribution in [-0.4, -0.2) is 18.0 Å². The lowest BCUT2D eigenvalue weighted by Gasteiger charge is -2.13. The molecule has 1 heterocycles. The molecule has 2 aromatic carbocycles. The van der Waals surface area contributed by atoms with E-state index in [-0.39, 0.29) is 16.7 Å². The van der Waals surface area contributed by atoms with Crippen molar-refractivity contribution in [1.82, 2.24) is 0 Å². The van der Waals surface area contributed by atoms with Crippen LogP contribution in [0.3, 0.4) is 0 Å². The molecule has 7 heteroatoms. The molecule has 0 radical (unpaired) electrons. The van der Waals surface area contributed by atoms with Gasteiger partial charge in [-0.25, -0.2) is 13.6 Å². The number of halogens is 2. The molecule has 3 rings (SSSR count). The highest BCUT2D eigenvalue weighted by Gasteiger charge is 2.28. The maximum atomic E-state index is 14.1. The van der Waals surface area contributed by atoms with Crippen molar-refractivity contribution in [2.75, 3.05) is 5.32 Å². The summed E-state index contributed by atoms with van der Waals surface area (Å²) < 4.78 is 33.6. The molecule has 0 aliphatic rings. The molecule has 0 bridgehead atoms. The third-order valence-electron chi connectivity index (χ3n) is 4.91. The van der Waals surface area contributed by atoms with Gasteiger partial charge in [-0.05, 0) is 49.9 Å². The number of carbonyl (C=O) groups is 2. The van der Waals surface area contributed by atoms with Crippen LogP contribution in [0.25, 0.3) is 11.1 Å². The summed E-state index contributed by atoms with van der Waals surface area (Å²) in [5.74, 6) is -3.19. The summed E-state index contributed by atoms with van der Waals surface area (Å²) >= 11 is 1.16. The van der Waals surface area contributed by atoms with Gasteiger partial charge in [0.1, 0.15) is 27.8 Å². The average molecular weight is 458 g/mol. The van der Waals surface area contributed by atoms with Crippen LogP contribution in [0.5, 0.6) is 0 Å². The first-order chi connectivity index (χ1) is 15.1. The maximum absolute atomic E-state index is 14.1. The van der Waals surface area contributed by atoms with Crippen LogP contribution in [0, 0.1) is 18.6 Å². The Labute approximate surface area is 190 Å². The van der Waals surface area contributed by atoms with Crippen molar-refractivity contribution < 1.29 is 23.1 Å². The van der Waals surface area contributed by atoms with Gasteiger partial charge < -0.3 is 10.1 Å². The summed E-state index contributed by atoms with van der Waals surface area (Å²) in [6, 6.07) is 11.0. The zero-order valence-corrected chi connectivity index (χ0v) is 19.4. The Bertz CT molecular complexity index is 1130. The van der Waals surface area contributed by atoms with E-state index >= 15 is 0 Å². The highest BCUT2D eigenvalue weighted by molar-refractivity contribution is 7.17. The van der Waals surface area contributed by atoms with Crippen molar-refractivity contribution in [3.63, 3.8) is 0 Å². The first kappa shape index (κ1) is 23.6. The van der Waals surface area contributed by atoms with E-state index in [1.54, 1.807) is 13.8 Å². The van der Waals surface area contributed by atoms with Gasteiger partial charge in [-0.2, -0.15) is 0 Å². The van der Waals surface area contributed by atoms with E-state index in [9.17, 15) is 18.4 Å². The van der Waals surface area contributed by atoms with Gasteiger partial charge >= 0.3 is 5.97 Å². The summed E-state index contributed by atoms with van der Waals surface area (Å²) in [7, 11) is 0. The molecule has 0 saturated carbocycles. The minimum atomic E-state index is -0.980. The normalized spacial score (nSPS) is 11.2. The third kappa shape index (κ3) is 4.88. The zero-order chi connectivity index (χ0) is 23.6. The fraction of sp³-hybridized carbons (Fsp3) is 0.280. The predicted octanol–water partition coefficient (Wildman–Crippen LogP) is 6.94. The van der Waals surface area contributed by atoms with Gasteiger partial charge in [0, 0.05) is 10.4 Å². The molecule has 1 amide bonds. The quantitative estimate of drug-likeness (QED) is 0.408. The molecule has 4 nitrogen and oxygen atoms in total. The van der Waals surface area contributed by atoms with Crippen LogP contribution in [-0.2, 0) is 4.74 Å². The summed E-state index contributed by atoms with van der Waals surface area (Å²) in [6.45, 7) is 9.45. The molecule has 1 aromatic heterocycles. The van der Waals surface area contributed by atoms with Gasteiger partial charge in [-0.1, -0.05) is 44.2 Å².